The number of para-hydroxylation sites is 1. The summed E-state index contributed by atoms with van der Waals surface area (Å²) >= 11 is 0. The number of carbonyl (C=O) groups excluding carboxylic acids is 1. The number of anilines is 1. The van der Waals surface area contributed by atoms with Crippen molar-refractivity contribution in [1.29, 1.82) is 0 Å². The number of hydrogen-bond acceptors (Lipinski definition) is 6. The number of ether oxygens (including phenoxy) is 3. The Morgan fingerprint density at radius 2 is 1.88 bits per heavy atom. The van der Waals surface area contributed by atoms with Gasteiger partial charge in [-0.25, -0.2) is 8.42 Å². The lowest BCUT2D eigenvalue weighted by Gasteiger charge is -2.35. The molecule has 176 valence electrons. The van der Waals surface area contributed by atoms with Crippen molar-refractivity contribution in [3.8, 4) is 5.75 Å². The van der Waals surface area contributed by atoms with Gasteiger partial charge in [0.2, 0.25) is 0 Å². The third-order valence-corrected chi connectivity index (χ3v) is 8.42. The molecule has 3 heterocycles. The smallest absolute Gasteiger partial charge is 0.264 e. The molecule has 2 fully saturated rings. The van der Waals surface area contributed by atoms with Crippen LogP contribution in [0.15, 0.2) is 47.4 Å². The van der Waals surface area contributed by atoms with Crippen LogP contribution in [0.2, 0.25) is 0 Å². The Balaban J connectivity index is 1.43. The Bertz CT molecular complexity index is 1150. The maximum atomic E-state index is 13.5. The van der Waals surface area contributed by atoms with Crippen LogP contribution in [0.25, 0.3) is 0 Å². The molecule has 3 aliphatic rings. The predicted molar refractivity (Wildman–Crippen MR) is 122 cm³/mol. The van der Waals surface area contributed by atoms with Gasteiger partial charge in [-0.1, -0.05) is 18.2 Å². The first-order valence-electron chi connectivity index (χ1n) is 11.3. The second-order valence-electron chi connectivity index (χ2n) is 8.58. The maximum Gasteiger partial charge on any atom is 0.264 e. The lowest BCUT2D eigenvalue weighted by atomic mass is 9.96. The first-order valence-corrected chi connectivity index (χ1v) is 12.7. The highest BCUT2D eigenvalue weighted by atomic mass is 32.2. The number of rotatable bonds is 5. The minimum Gasteiger partial charge on any atom is -0.496 e. The van der Waals surface area contributed by atoms with Gasteiger partial charge in [-0.15, -0.1) is 0 Å². The summed E-state index contributed by atoms with van der Waals surface area (Å²) in [5, 5.41) is 0. The molecule has 1 atom stereocenters. The van der Waals surface area contributed by atoms with Crippen LogP contribution < -0.4 is 9.04 Å². The fraction of sp³-hybridized carbons (Fsp3) is 0.458. The highest BCUT2D eigenvalue weighted by Crippen LogP contribution is 2.34. The van der Waals surface area contributed by atoms with Crippen LogP contribution in [0.1, 0.15) is 28.8 Å². The number of amides is 1. The second-order valence-corrected chi connectivity index (χ2v) is 10.4. The average molecular weight is 473 g/mol. The molecular formula is C24H28N2O6S. The number of carbonyl (C=O) groups is 1. The van der Waals surface area contributed by atoms with Gasteiger partial charge in [0.25, 0.3) is 15.9 Å². The first-order chi connectivity index (χ1) is 16.0. The van der Waals surface area contributed by atoms with E-state index in [-0.39, 0.29) is 28.6 Å². The normalized spacial score (nSPS) is 21.3. The largest absolute Gasteiger partial charge is 0.496 e. The Morgan fingerprint density at radius 1 is 1.09 bits per heavy atom. The summed E-state index contributed by atoms with van der Waals surface area (Å²) < 4.78 is 45.2. The summed E-state index contributed by atoms with van der Waals surface area (Å²) in [5.74, 6) is 0.217. The van der Waals surface area contributed by atoms with E-state index in [0.29, 0.717) is 50.7 Å². The monoisotopic (exact) mass is 472 g/mol. The fourth-order valence-corrected chi connectivity index (χ4v) is 6.47. The SMILES string of the molecule is COc1ccc(S(=O)(=O)N2CCc3ccccc32)cc1C(=O)N1CCCC(C2OCCO2)C1. The van der Waals surface area contributed by atoms with Gasteiger partial charge in [-0.2, -0.15) is 0 Å². The van der Waals surface area contributed by atoms with Crippen LogP contribution in [0.5, 0.6) is 5.75 Å². The molecule has 0 bridgehead atoms. The third-order valence-electron chi connectivity index (χ3n) is 6.61. The van der Waals surface area contributed by atoms with E-state index in [9.17, 15) is 13.2 Å². The van der Waals surface area contributed by atoms with E-state index in [1.165, 1.54) is 23.5 Å². The van der Waals surface area contributed by atoms with Crippen molar-refractivity contribution in [1.82, 2.24) is 4.90 Å². The van der Waals surface area contributed by atoms with Crippen LogP contribution in [0, 0.1) is 5.92 Å². The molecule has 1 unspecified atom stereocenters. The van der Waals surface area contributed by atoms with Crippen molar-refractivity contribution in [3.05, 3.63) is 53.6 Å². The van der Waals surface area contributed by atoms with E-state index in [1.54, 1.807) is 11.0 Å². The molecule has 0 N–H and O–H groups in total. The fourth-order valence-electron chi connectivity index (χ4n) is 4.94. The molecule has 2 aromatic rings. The maximum absolute atomic E-state index is 13.5. The number of hydrogen-bond donors (Lipinski definition) is 0. The number of likely N-dealkylation sites (tertiary alicyclic amines) is 1. The number of nitrogens with zero attached hydrogens (tertiary/aromatic N) is 2. The van der Waals surface area contributed by atoms with E-state index in [1.807, 2.05) is 24.3 Å². The van der Waals surface area contributed by atoms with Crippen LogP contribution >= 0.6 is 0 Å². The van der Waals surface area contributed by atoms with E-state index >= 15 is 0 Å². The van der Waals surface area contributed by atoms with E-state index in [4.69, 9.17) is 14.2 Å². The standard InChI is InChI=1S/C24H28N2O6S/c1-30-22-9-8-19(33(28,29)26-12-10-17-5-2-3-7-21(17)26)15-20(22)23(27)25-11-4-6-18(16-25)24-31-13-14-32-24/h2-3,5,7-9,15,18,24H,4,6,10-14,16H2,1H3. The van der Waals surface area contributed by atoms with Gasteiger partial charge in [-0.05, 0) is 49.1 Å². The van der Waals surface area contributed by atoms with Gasteiger partial charge in [0.1, 0.15) is 5.75 Å². The molecule has 3 aliphatic heterocycles. The quantitative estimate of drug-likeness (QED) is 0.665. The molecule has 1 amide bonds. The second kappa shape index (κ2) is 8.96. The molecule has 5 rings (SSSR count). The van der Waals surface area contributed by atoms with E-state index in [2.05, 4.69) is 0 Å². The van der Waals surface area contributed by atoms with Gasteiger partial charge in [0.15, 0.2) is 6.29 Å². The van der Waals surface area contributed by atoms with Crippen LogP contribution in [0.3, 0.4) is 0 Å². The molecule has 9 heteroatoms. The zero-order valence-electron chi connectivity index (χ0n) is 18.6. The number of benzene rings is 2. The van der Waals surface area contributed by atoms with E-state index in [0.717, 1.165) is 18.4 Å². The molecule has 0 aromatic heterocycles. The minimum atomic E-state index is -3.82. The van der Waals surface area contributed by atoms with Crippen LogP contribution in [0.4, 0.5) is 5.69 Å². The Kier molecular flexibility index (Phi) is 6.03. The Labute approximate surface area is 194 Å². The molecule has 33 heavy (non-hydrogen) atoms. The average Bonchev–Trinajstić information content (AvgIpc) is 3.54. The molecule has 2 saturated heterocycles. The van der Waals surface area contributed by atoms with Gasteiger partial charge >= 0.3 is 0 Å². The lowest BCUT2D eigenvalue weighted by molar-refractivity contribution is -0.0969. The summed E-state index contributed by atoms with van der Waals surface area (Å²) in [5.41, 5.74) is 1.94. The van der Waals surface area contributed by atoms with Crippen molar-refractivity contribution >= 4 is 21.6 Å². The molecule has 0 radical (unpaired) electrons. The lowest BCUT2D eigenvalue weighted by Crippen LogP contribution is -2.44. The molecular weight excluding hydrogens is 444 g/mol. The third kappa shape index (κ3) is 4.09. The molecule has 0 saturated carbocycles. The molecule has 8 nitrogen and oxygen atoms in total. The van der Waals surface area contributed by atoms with Crippen molar-refractivity contribution in [2.75, 3.05) is 44.3 Å². The predicted octanol–water partition coefficient (Wildman–Crippen LogP) is 2.67. The topological polar surface area (TPSA) is 85.4 Å². The molecule has 0 aliphatic carbocycles. The highest BCUT2D eigenvalue weighted by molar-refractivity contribution is 7.92. The highest BCUT2D eigenvalue weighted by Gasteiger charge is 2.35. The zero-order valence-corrected chi connectivity index (χ0v) is 19.4. The van der Waals surface area contributed by atoms with Gasteiger partial charge in [0.05, 0.1) is 36.5 Å². The minimum absolute atomic E-state index is 0.0828. The van der Waals surface area contributed by atoms with Crippen LogP contribution in [-0.4, -0.2) is 65.5 Å². The van der Waals surface area contributed by atoms with Crippen molar-refractivity contribution < 1.29 is 27.4 Å². The van der Waals surface area contributed by atoms with Crippen molar-refractivity contribution in [2.24, 2.45) is 5.92 Å². The summed E-state index contributed by atoms with van der Waals surface area (Å²) in [6.45, 7) is 2.63. The van der Waals surface area contributed by atoms with E-state index < -0.39 is 10.0 Å². The summed E-state index contributed by atoms with van der Waals surface area (Å²) in [7, 11) is -2.34. The van der Waals surface area contributed by atoms with Crippen molar-refractivity contribution in [3.63, 3.8) is 0 Å². The molecule has 2 aromatic carbocycles. The summed E-state index contributed by atoms with van der Waals surface area (Å²) in [4.78, 5) is 15.3. The van der Waals surface area contributed by atoms with Gasteiger partial charge in [-0.3, -0.25) is 9.10 Å². The first kappa shape index (κ1) is 22.2. The number of sulfonamides is 1. The van der Waals surface area contributed by atoms with Crippen molar-refractivity contribution in [2.45, 2.75) is 30.4 Å². The zero-order chi connectivity index (χ0) is 23.0. The Morgan fingerprint density at radius 3 is 2.67 bits per heavy atom. The van der Waals surface area contributed by atoms with Gasteiger partial charge < -0.3 is 19.1 Å². The van der Waals surface area contributed by atoms with Crippen LogP contribution in [-0.2, 0) is 25.9 Å². The summed E-state index contributed by atoms with van der Waals surface area (Å²) in [6.07, 6.45) is 2.14. The van der Waals surface area contributed by atoms with Gasteiger partial charge in [0, 0.05) is 25.6 Å². The number of methoxy groups -OCH3 is 1. The molecule has 0 spiro atoms. The number of fused-ring (bicyclic) bond motifs is 1. The summed E-state index contributed by atoms with van der Waals surface area (Å²) in [6, 6.07) is 12.0. The number of piperidine rings is 1. The Hall–Kier alpha value is -2.62.